The molecular weight excluding hydrogens is 428 g/mol. The van der Waals surface area contributed by atoms with Crippen molar-refractivity contribution in [2.45, 2.75) is 65.5 Å². The molecule has 0 unspecified atom stereocenters. The van der Waals surface area contributed by atoms with E-state index in [-0.39, 0.29) is 23.5 Å². The molecule has 0 bridgehead atoms. The summed E-state index contributed by atoms with van der Waals surface area (Å²) in [6, 6.07) is 20.9. The highest BCUT2D eigenvalue weighted by atomic mass is 28.4. The minimum Gasteiger partial charge on any atom is -0.463 e. The molecule has 0 heterocycles. The number of hydrogen-bond acceptors (Lipinski definition) is 4. The van der Waals surface area contributed by atoms with Crippen molar-refractivity contribution in [2.75, 3.05) is 13.2 Å². The smallest absolute Gasteiger partial charge is 0.333 e. The molecule has 0 aliphatic heterocycles. The lowest BCUT2D eigenvalue weighted by molar-refractivity contribution is -0.138. The van der Waals surface area contributed by atoms with E-state index in [4.69, 9.17) is 9.16 Å². The standard InChI is InChI=1S/C28H40O4Si/c1-7-31-27(30)23(3)16-14-15-22(2)26(29)21-32-33(28(4,5)6,24-17-10-8-11-18-24)25-19-12-9-13-20-25/h8-13,16-20,22,26,29H,7,14-15,21H2,1-6H3/b23-16+/t22-,26+/m0/s1. The Hall–Kier alpha value is -2.21. The van der Waals surface area contributed by atoms with Gasteiger partial charge in [-0.25, -0.2) is 4.79 Å². The Bertz CT molecular complexity index is 848. The van der Waals surface area contributed by atoms with Gasteiger partial charge in [0.25, 0.3) is 8.32 Å². The van der Waals surface area contributed by atoms with E-state index in [9.17, 15) is 9.90 Å². The Morgan fingerprint density at radius 3 is 2.00 bits per heavy atom. The summed E-state index contributed by atoms with van der Waals surface area (Å²) in [4.78, 5) is 11.8. The van der Waals surface area contributed by atoms with E-state index in [0.29, 0.717) is 18.6 Å². The molecule has 33 heavy (non-hydrogen) atoms. The summed E-state index contributed by atoms with van der Waals surface area (Å²) in [5.41, 5.74) is 0.613. The summed E-state index contributed by atoms with van der Waals surface area (Å²) in [5.74, 6) is -0.241. The Kier molecular flexibility index (Phi) is 10.1. The maximum atomic E-state index is 11.8. The number of ether oxygens (including phenoxy) is 1. The molecule has 0 radical (unpaired) electrons. The number of rotatable bonds is 11. The first-order valence-corrected chi connectivity index (χ1v) is 13.8. The minimum absolute atomic E-state index is 0.0365. The molecule has 2 atom stereocenters. The van der Waals surface area contributed by atoms with Gasteiger partial charge in [0.2, 0.25) is 0 Å². The number of benzene rings is 2. The van der Waals surface area contributed by atoms with Crippen molar-refractivity contribution >= 4 is 24.7 Å². The quantitative estimate of drug-likeness (QED) is 0.291. The highest BCUT2D eigenvalue weighted by Gasteiger charge is 2.50. The number of esters is 1. The van der Waals surface area contributed by atoms with Gasteiger partial charge in [-0.15, -0.1) is 0 Å². The Morgan fingerprint density at radius 1 is 1.03 bits per heavy atom. The minimum atomic E-state index is -2.66. The van der Waals surface area contributed by atoms with E-state index >= 15 is 0 Å². The van der Waals surface area contributed by atoms with Crippen molar-refractivity contribution in [3.63, 3.8) is 0 Å². The molecule has 1 N–H and O–H groups in total. The maximum Gasteiger partial charge on any atom is 0.333 e. The molecule has 4 nitrogen and oxygen atoms in total. The van der Waals surface area contributed by atoms with Crippen LogP contribution in [0, 0.1) is 5.92 Å². The number of hydrogen-bond donors (Lipinski definition) is 1. The number of aliphatic hydroxyl groups excluding tert-OH is 1. The van der Waals surface area contributed by atoms with Crippen LogP contribution in [0.5, 0.6) is 0 Å². The van der Waals surface area contributed by atoms with Crippen LogP contribution >= 0.6 is 0 Å². The molecular formula is C28H40O4Si. The van der Waals surface area contributed by atoms with Crippen LogP contribution < -0.4 is 10.4 Å². The lowest BCUT2D eigenvalue weighted by atomic mass is 9.99. The third kappa shape index (κ3) is 6.89. The molecule has 0 aliphatic carbocycles. The summed E-state index contributed by atoms with van der Waals surface area (Å²) >= 11 is 0. The third-order valence-electron chi connectivity index (χ3n) is 6.21. The molecule has 0 saturated heterocycles. The lowest BCUT2D eigenvalue weighted by Gasteiger charge is -2.43. The first kappa shape index (κ1) is 27.0. The molecule has 0 aliphatic rings. The van der Waals surface area contributed by atoms with Gasteiger partial charge in [-0.3, -0.25) is 0 Å². The molecule has 180 valence electrons. The van der Waals surface area contributed by atoms with Gasteiger partial charge in [-0.2, -0.15) is 0 Å². The molecule has 0 spiro atoms. The van der Waals surface area contributed by atoms with E-state index in [2.05, 4.69) is 69.3 Å². The van der Waals surface area contributed by atoms with Crippen molar-refractivity contribution in [2.24, 2.45) is 5.92 Å². The molecule has 0 aromatic heterocycles. The van der Waals surface area contributed by atoms with Crippen LogP contribution in [0.15, 0.2) is 72.3 Å². The van der Waals surface area contributed by atoms with Crippen molar-refractivity contribution in [1.82, 2.24) is 0 Å². The van der Waals surface area contributed by atoms with Gasteiger partial charge < -0.3 is 14.3 Å². The van der Waals surface area contributed by atoms with Crippen LogP contribution in [0.2, 0.25) is 5.04 Å². The van der Waals surface area contributed by atoms with Crippen LogP contribution in [0.25, 0.3) is 0 Å². The molecule has 0 fully saturated rings. The van der Waals surface area contributed by atoms with Gasteiger partial charge in [0, 0.05) is 5.57 Å². The summed E-state index contributed by atoms with van der Waals surface area (Å²) in [6.07, 6.45) is 2.77. The lowest BCUT2D eigenvalue weighted by Crippen LogP contribution is -2.67. The largest absolute Gasteiger partial charge is 0.463 e. The number of allylic oxidation sites excluding steroid dienone is 1. The van der Waals surface area contributed by atoms with Gasteiger partial charge in [-0.05, 0) is 48.0 Å². The second kappa shape index (κ2) is 12.3. The van der Waals surface area contributed by atoms with Crippen LogP contribution in [0.4, 0.5) is 0 Å². The second-order valence-electron chi connectivity index (χ2n) is 9.70. The number of carbonyl (C=O) groups is 1. The fourth-order valence-corrected chi connectivity index (χ4v) is 8.80. The molecule has 0 amide bonds. The molecule has 5 heteroatoms. The summed E-state index contributed by atoms with van der Waals surface area (Å²) in [6.45, 7) is 13.0. The van der Waals surface area contributed by atoms with Crippen molar-refractivity contribution in [1.29, 1.82) is 0 Å². The van der Waals surface area contributed by atoms with Gasteiger partial charge >= 0.3 is 5.97 Å². The topological polar surface area (TPSA) is 55.8 Å². The molecule has 2 aromatic rings. The monoisotopic (exact) mass is 468 g/mol. The van der Waals surface area contributed by atoms with Crippen LogP contribution in [-0.4, -0.2) is 38.7 Å². The fourth-order valence-electron chi connectivity index (χ4n) is 4.22. The number of aliphatic hydroxyl groups is 1. The SMILES string of the molecule is CCOC(=O)/C(C)=C/CC[C@H](C)[C@H](O)CO[Si](c1ccccc1)(c1ccccc1)C(C)(C)C. The maximum absolute atomic E-state index is 11.8. The first-order valence-electron chi connectivity index (χ1n) is 11.9. The van der Waals surface area contributed by atoms with Crippen LogP contribution in [0.1, 0.15) is 54.4 Å². The van der Waals surface area contributed by atoms with E-state index in [0.717, 1.165) is 6.42 Å². The zero-order chi connectivity index (χ0) is 24.5. The summed E-state index contributed by atoms with van der Waals surface area (Å²) in [7, 11) is -2.66. The molecule has 0 saturated carbocycles. The molecule has 2 rings (SSSR count). The number of carbonyl (C=O) groups excluding carboxylic acids is 1. The Morgan fingerprint density at radius 2 is 1.55 bits per heavy atom. The highest BCUT2D eigenvalue weighted by molar-refractivity contribution is 6.99. The van der Waals surface area contributed by atoms with Crippen molar-refractivity contribution in [3.05, 3.63) is 72.3 Å². The van der Waals surface area contributed by atoms with Crippen molar-refractivity contribution < 1.29 is 19.1 Å². The van der Waals surface area contributed by atoms with Gasteiger partial charge in [0.1, 0.15) is 0 Å². The van der Waals surface area contributed by atoms with E-state index in [1.165, 1.54) is 10.4 Å². The summed E-state index contributed by atoms with van der Waals surface area (Å²) < 4.78 is 11.9. The second-order valence-corrected chi connectivity index (χ2v) is 14.0. The average molecular weight is 469 g/mol. The van der Waals surface area contributed by atoms with Gasteiger partial charge in [0.15, 0.2) is 0 Å². The normalized spacial score (nSPS) is 14.6. The van der Waals surface area contributed by atoms with E-state index in [1.54, 1.807) is 13.8 Å². The Labute approximate surface area is 200 Å². The zero-order valence-corrected chi connectivity index (χ0v) is 22.0. The van der Waals surface area contributed by atoms with Crippen LogP contribution in [0.3, 0.4) is 0 Å². The van der Waals surface area contributed by atoms with Crippen molar-refractivity contribution in [3.8, 4) is 0 Å². The van der Waals surface area contributed by atoms with E-state index < -0.39 is 14.4 Å². The predicted octanol–water partition coefficient (Wildman–Crippen LogP) is 4.85. The van der Waals surface area contributed by atoms with Gasteiger partial charge in [0.05, 0.1) is 19.3 Å². The summed E-state index contributed by atoms with van der Waals surface area (Å²) in [5, 5.41) is 13.3. The van der Waals surface area contributed by atoms with Gasteiger partial charge in [-0.1, -0.05) is 94.4 Å². The zero-order valence-electron chi connectivity index (χ0n) is 21.0. The average Bonchev–Trinajstić information content (AvgIpc) is 2.79. The molecule has 2 aromatic carbocycles. The Balaban J connectivity index is 2.19. The van der Waals surface area contributed by atoms with Crippen LogP contribution in [-0.2, 0) is 14.0 Å². The van der Waals surface area contributed by atoms with E-state index in [1.807, 2.05) is 25.1 Å². The fraction of sp³-hybridized carbons (Fsp3) is 0.464. The predicted molar refractivity (Wildman–Crippen MR) is 138 cm³/mol. The third-order valence-corrected chi connectivity index (χ3v) is 11.2. The first-order chi connectivity index (χ1) is 15.6. The highest BCUT2D eigenvalue weighted by Crippen LogP contribution is 2.37.